The predicted octanol–water partition coefficient (Wildman–Crippen LogP) is 5.04. The zero-order valence-electron chi connectivity index (χ0n) is 18.9. The minimum Gasteiger partial charge on any atom is -0.207 e. The zero-order valence-corrected chi connectivity index (χ0v) is 23.7. The van der Waals surface area contributed by atoms with Gasteiger partial charge in [-0.2, -0.15) is 0 Å². The highest BCUT2D eigenvalue weighted by Crippen LogP contribution is 2.38. The number of halogens is 2. The van der Waals surface area contributed by atoms with Gasteiger partial charge in [0.2, 0.25) is 0 Å². The lowest BCUT2D eigenvalue weighted by Gasteiger charge is -2.15. The molecule has 0 unspecified atom stereocenters. The Morgan fingerprint density at radius 3 is 1.39 bits per heavy atom. The molecule has 198 valence electrons. The predicted molar refractivity (Wildman–Crippen MR) is 144 cm³/mol. The first-order valence-electron chi connectivity index (χ1n) is 10.4. The molecular formula is C24H16Cl2O8S4. The van der Waals surface area contributed by atoms with Gasteiger partial charge in [0, 0.05) is 26.9 Å². The van der Waals surface area contributed by atoms with E-state index >= 15 is 0 Å². The first-order valence-corrected chi connectivity index (χ1v) is 18.5. The van der Waals surface area contributed by atoms with E-state index in [9.17, 15) is 33.7 Å². The van der Waals surface area contributed by atoms with Gasteiger partial charge in [-0.3, -0.25) is 0 Å². The standard InChI is InChI=1S/C24H16Cl2O8S4/c25-35(27,28)20-13-9-17(10-14-20)18-11-15-21(16-12-18)37(31,32)38(33,34)24-22(19-5-2-1-3-6-19)7-4-8-23(24)36(26,29)30/h1-16H. The Kier molecular flexibility index (Phi) is 7.51. The maximum atomic E-state index is 13.6. The Labute approximate surface area is 228 Å². The second-order valence-corrected chi connectivity index (χ2v) is 18.3. The number of rotatable bonds is 7. The summed E-state index contributed by atoms with van der Waals surface area (Å²) < 4.78 is 102. The van der Waals surface area contributed by atoms with Crippen molar-refractivity contribution in [2.24, 2.45) is 0 Å². The third-order valence-corrected chi connectivity index (χ3v) is 13.5. The van der Waals surface area contributed by atoms with Gasteiger partial charge in [0.25, 0.3) is 35.8 Å². The third kappa shape index (κ3) is 5.37. The molecule has 14 heteroatoms. The van der Waals surface area contributed by atoms with Crippen LogP contribution in [0.5, 0.6) is 0 Å². The van der Waals surface area contributed by atoms with Crippen molar-refractivity contribution >= 4 is 57.2 Å². The molecular weight excluding hydrogens is 615 g/mol. The van der Waals surface area contributed by atoms with Gasteiger partial charge in [-0.15, -0.1) is 0 Å². The summed E-state index contributed by atoms with van der Waals surface area (Å²) in [5.74, 6) is 0. The molecule has 0 bridgehead atoms. The molecule has 0 aliphatic heterocycles. The first kappa shape index (κ1) is 28.3. The van der Waals surface area contributed by atoms with Crippen LogP contribution >= 0.6 is 21.4 Å². The van der Waals surface area contributed by atoms with Crippen LogP contribution in [0.4, 0.5) is 0 Å². The van der Waals surface area contributed by atoms with Gasteiger partial charge in [0.05, 0.1) is 9.79 Å². The minimum absolute atomic E-state index is 0.129. The molecule has 0 aliphatic rings. The van der Waals surface area contributed by atoms with Crippen molar-refractivity contribution in [1.29, 1.82) is 0 Å². The van der Waals surface area contributed by atoms with Gasteiger partial charge in [-0.25, -0.2) is 33.7 Å². The second-order valence-electron chi connectivity index (χ2n) is 7.83. The Morgan fingerprint density at radius 1 is 0.421 bits per heavy atom. The van der Waals surface area contributed by atoms with Crippen LogP contribution in [-0.4, -0.2) is 33.7 Å². The van der Waals surface area contributed by atoms with E-state index in [1.807, 2.05) is 0 Å². The zero-order chi connectivity index (χ0) is 27.9. The van der Waals surface area contributed by atoms with Crippen LogP contribution in [0.2, 0.25) is 0 Å². The van der Waals surface area contributed by atoms with Gasteiger partial charge >= 0.3 is 0 Å². The maximum absolute atomic E-state index is 13.6. The fourth-order valence-electron chi connectivity index (χ4n) is 3.67. The van der Waals surface area contributed by atoms with Crippen LogP contribution in [0, 0.1) is 0 Å². The van der Waals surface area contributed by atoms with Gasteiger partial charge < -0.3 is 0 Å². The Hall–Kier alpha value is -2.74. The molecule has 4 rings (SSSR count). The van der Waals surface area contributed by atoms with Gasteiger partial charge in [0.1, 0.15) is 9.79 Å². The summed E-state index contributed by atoms with van der Waals surface area (Å²) >= 11 is 0. The van der Waals surface area contributed by atoms with Crippen molar-refractivity contribution in [1.82, 2.24) is 0 Å². The Morgan fingerprint density at radius 2 is 0.921 bits per heavy atom. The summed E-state index contributed by atoms with van der Waals surface area (Å²) in [5.41, 5.74) is 1.07. The largest absolute Gasteiger partial charge is 0.288 e. The van der Waals surface area contributed by atoms with Crippen molar-refractivity contribution in [3.05, 3.63) is 97.1 Å². The summed E-state index contributed by atoms with van der Waals surface area (Å²) in [6.45, 7) is 0. The molecule has 0 fully saturated rings. The fourth-order valence-corrected chi connectivity index (χ4v) is 10.4. The maximum Gasteiger partial charge on any atom is 0.288 e. The lowest BCUT2D eigenvalue weighted by atomic mass is 10.1. The van der Waals surface area contributed by atoms with Gasteiger partial charge in [-0.1, -0.05) is 66.7 Å². The summed E-state index contributed by atoms with van der Waals surface area (Å²) in [6, 6.07) is 21.5. The highest BCUT2D eigenvalue weighted by molar-refractivity contribution is 8.67. The first-order chi connectivity index (χ1) is 17.6. The second kappa shape index (κ2) is 10.1. The highest BCUT2D eigenvalue weighted by atomic mass is 35.7. The molecule has 8 nitrogen and oxygen atoms in total. The van der Waals surface area contributed by atoms with E-state index in [0.29, 0.717) is 11.1 Å². The molecule has 38 heavy (non-hydrogen) atoms. The van der Waals surface area contributed by atoms with E-state index in [4.69, 9.17) is 21.4 Å². The molecule has 0 radical (unpaired) electrons. The van der Waals surface area contributed by atoms with Crippen LogP contribution in [0.25, 0.3) is 22.3 Å². The summed E-state index contributed by atoms with van der Waals surface area (Å²) in [5, 5.41) is 0. The lowest BCUT2D eigenvalue weighted by molar-refractivity contribution is 0.580. The molecule has 0 aromatic heterocycles. The molecule has 0 saturated heterocycles. The van der Waals surface area contributed by atoms with Crippen LogP contribution in [-0.2, 0) is 35.8 Å². The van der Waals surface area contributed by atoms with Crippen LogP contribution in [0.3, 0.4) is 0 Å². The van der Waals surface area contributed by atoms with E-state index in [0.717, 1.165) is 18.2 Å². The van der Waals surface area contributed by atoms with Crippen LogP contribution in [0.15, 0.2) is 117 Å². The molecule has 0 spiro atoms. The average molecular weight is 632 g/mol. The molecule has 0 atom stereocenters. The SMILES string of the molecule is O=S(=O)(Cl)c1ccc(-c2ccc(S(=O)(=O)S(=O)(=O)c3c(-c4ccccc4)cccc3S(=O)(=O)Cl)cc2)cc1. The molecule has 4 aromatic carbocycles. The van der Waals surface area contributed by atoms with E-state index in [1.165, 1.54) is 60.7 Å². The van der Waals surface area contributed by atoms with Crippen molar-refractivity contribution in [2.45, 2.75) is 19.6 Å². The van der Waals surface area contributed by atoms with E-state index in [-0.39, 0.29) is 16.0 Å². The number of benzene rings is 4. The average Bonchev–Trinajstić information content (AvgIpc) is 2.88. The van der Waals surface area contributed by atoms with E-state index in [1.54, 1.807) is 18.2 Å². The summed E-state index contributed by atoms with van der Waals surface area (Å²) in [4.78, 5) is -2.56. The van der Waals surface area contributed by atoms with E-state index < -0.39 is 50.5 Å². The quantitative estimate of drug-likeness (QED) is 0.205. The van der Waals surface area contributed by atoms with Crippen molar-refractivity contribution < 1.29 is 33.7 Å². The summed E-state index contributed by atoms with van der Waals surface area (Å²) in [6.07, 6.45) is 0. The van der Waals surface area contributed by atoms with Crippen molar-refractivity contribution in [3.63, 3.8) is 0 Å². The summed E-state index contributed by atoms with van der Waals surface area (Å²) in [7, 11) is -8.30. The van der Waals surface area contributed by atoms with Crippen molar-refractivity contribution in [2.75, 3.05) is 0 Å². The molecule has 0 saturated carbocycles. The van der Waals surface area contributed by atoms with Gasteiger partial charge in [-0.05, 0) is 47.0 Å². The normalized spacial score (nSPS) is 12.8. The monoisotopic (exact) mass is 630 g/mol. The highest BCUT2D eigenvalue weighted by Gasteiger charge is 2.40. The molecule has 0 amide bonds. The van der Waals surface area contributed by atoms with Crippen molar-refractivity contribution in [3.8, 4) is 22.3 Å². The smallest absolute Gasteiger partial charge is 0.207 e. The van der Waals surface area contributed by atoms with Crippen LogP contribution < -0.4 is 0 Å². The van der Waals surface area contributed by atoms with Gasteiger partial charge in [0.15, 0.2) is 0 Å². The van der Waals surface area contributed by atoms with E-state index in [2.05, 4.69) is 0 Å². The Balaban J connectivity index is 1.84. The fraction of sp³-hybridized carbons (Fsp3) is 0. The Bertz CT molecular complexity index is 1950. The molecule has 0 N–H and O–H groups in total. The third-order valence-electron chi connectivity index (χ3n) is 5.48. The number of hydrogen-bond acceptors (Lipinski definition) is 8. The molecule has 0 heterocycles. The molecule has 4 aromatic rings. The molecule has 0 aliphatic carbocycles. The van der Waals surface area contributed by atoms with Crippen LogP contribution in [0.1, 0.15) is 0 Å². The topological polar surface area (TPSA) is 137 Å². The minimum atomic E-state index is -5.36. The lowest BCUT2D eigenvalue weighted by Crippen LogP contribution is -2.19. The number of hydrogen-bond donors (Lipinski definition) is 0.